The van der Waals surface area contributed by atoms with Crippen molar-refractivity contribution in [3.05, 3.63) is 0 Å². The number of nitriles is 1. The van der Waals surface area contributed by atoms with Crippen LogP contribution in [0.3, 0.4) is 0 Å². The molecule has 3 nitrogen and oxygen atoms in total. The zero-order valence-electron chi connectivity index (χ0n) is 7.50. The number of nitrogens with zero attached hydrogens (tertiary/aromatic N) is 2. The smallest absolute Gasteiger partial charge is 0.0868 e. The molecule has 3 heteroatoms. The molecule has 1 atom stereocenters. The van der Waals surface area contributed by atoms with Crippen LogP contribution in [0.1, 0.15) is 25.7 Å². The van der Waals surface area contributed by atoms with Crippen molar-refractivity contribution in [1.29, 1.82) is 5.26 Å². The molecule has 1 rings (SSSR count). The van der Waals surface area contributed by atoms with Crippen LogP contribution in [-0.2, 0) is 0 Å². The summed E-state index contributed by atoms with van der Waals surface area (Å²) in [6.07, 6.45) is 4.80. The van der Waals surface area contributed by atoms with E-state index >= 15 is 0 Å². The van der Waals surface area contributed by atoms with Gasteiger partial charge in [0.15, 0.2) is 0 Å². The fourth-order valence-electron chi connectivity index (χ4n) is 1.88. The normalized spacial score (nSPS) is 25.2. The first-order valence-corrected chi connectivity index (χ1v) is 4.69. The van der Waals surface area contributed by atoms with Gasteiger partial charge in [-0.05, 0) is 32.4 Å². The number of hydrogen-bond donors (Lipinski definition) is 1. The fraction of sp³-hybridized carbons (Fsp3) is 0.889. The Labute approximate surface area is 74.1 Å². The summed E-state index contributed by atoms with van der Waals surface area (Å²) < 4.78 is 0. The molecule has 68 valence electrons. The van der Waals surface area contributed by atoms with Gasteiger partial charge in [-0.15, -0.1) is 0 Å². The molecule has 1 unspecified atom stereocenters. The van der Waals surface area contributed by atoms with Crippen molar-refractivity contribution in [2.24, 2.45) is 5.73 Å². The van der Waals surface area contributed by atoms with E-state index < -0.39 is 0 Å². The highest BCUT2D eigenvalue weighted by molar-refractivity contribution is 4.84. The first-order chi connectivity index (χ1) is 5.88. The molecule has 1 heterocycles. The molecule has 0 bridgehead atoms. The van der Waals surface area contributed by atoms with E-state index in [9.17, 15) is 0 Å². The molecule has 0 aromatic heterocycles. The van der Waals surface area contributed by atoms with Crippen LogP contribution < -0.4 is 5.73 Å². The standard InChI is InChI=1S/C9H17N3/c10-5-4-9-3-1-2-7-12(9)8-6-11/h9H,1-5,7-8,10H2. The van der Waals surface area contributed by atoms with Crippen LogP contribution in [0.15, 0.2) is 0 Å². The molecule has 0 amide bonds. The van der Waals surface area contributed by atoms with Gasteiger partial charge in [-0.2, -0.15) is 5.26 Å². The van der Waals surface area contributed by atoms with E-state index in [1.165, 1.54) is 19.3 Å². The van der Waals surface area contributed by atoms with Crippen molar-refractivity contribution in [3.8, 4) is 6.07 Å². The third-order valence-corrected chi connectivity index (χ3v) is 2.52. The zero-order valence-corrected chi connectivity index (χ0v) is 7.50. The Kier molecular flexibility index (Phi) is 4.06. The second kappa shape index (κ2) is 5.13. The molecule has 2 N–H and O–H groups in total. The lowest BCUT2D eigenvalue weighted by Gasteiger charge is -2.33. The van der Waals surface area contributed by atoms with E-state index in [0.29, 0.717) is 12.6 Å². The Balaban J connectivity index is 2.38. The first-order valence-electron chi connectivity index (χ1n) is 4.69. The van der Waals surface area contributed by atoms with E-state index in [4.69, 9.17) is 11.0 Å². The second-order valence-corrected chi connectivity index (χ2v) is 3.36. The van der Waals surface area contributed by atoms with Crippen LogP contribution in [0.4, 0.5) is 0 Å². The number of rotatable bonds is 3. The lowest BCUT2D eigenvalue weighted by Crippen LogP contribution is -2.40. The Hall–Kier alpha value is -0.590. The number of hydrogen-bond acceptors (Lipinski definition) is 3. The van der Waals surface area contributed by atoms with Crippen molar-refractivity contribution < 1.29 is 0 Å². The first kappa shape index (κ1) is 9.50. The summed E-state index contributed by atoms with van der Waals surface area (Å²) in [7, 11) is 0. The highest BCUT2D eigenvalue weighted by Gasteiger charge is 2.20. The molecule has 1 aliphatic heterocycles. The number of nitrogens with two attached hydrogens (primary N) is 1. The van der Waals surface area contributed by atoms with Gasteiger partial charge in [-0.3, -0.25) is 4.90 Å². The Bertz CT molecular complexity index is 160. The van der Waals surface area contributed by atoms with Crippen LogP contribution in [0, 0.1) is 11.3 Å². The van der Waals surface area contributed by atoms with Crippen LogP contribution in [-0.4, -0.2) is 30.6 Å². The van der Waals surface area contributed by atoms with Crippen LogP contribution in [0.5, 0.6) is 0 Å². The van der Waals surface area contributed by atoms with Gasteiger partial charge in [0.1, 0.15) is 0 Å². The maximum atomic E-state index is 8.58. The third-order valence-electron chi connectivity index (χ3n) is 2.52. The van der Waals surface area contributed by atoms with Crippen molar-refractivity contribution in [1.82, 2.24) is 4.90 Å². The van der Waals surface area contributed by atoms with E-state index in [1.807, 2.05) is 0 Å². The van der Waals surface area contributed by atoms with Gasteiger partial charge in [-0.1, -0.05) is 6.42 Å². The maximum Gasteiger partial charge on any atom is 0.0868 e. The third kappa shape index (κ3) is 2.47. The van der Waals surface area contributed by atoms with Gasteiger partial charge < -0.3 is 5.73 Å². The molecule has 0 aromatic rings. The Morgan fingerprint density at radius 2 is 2.33 bits per heavy atom. The van der Waals surface area contributed by atoms with Gasteiger partial charge in [-0.25, -0.2) is 0 Å². The van der Waals surface area contributed by atoms with Crippen molar-refractivity contribution in [2.75, 3.05) is 19.6 Å². The van der Waals surface area contributed by atoms with E-state index in [0.717, 1.165) is 19.5 Å². The quantitative estimate of drug-likeness (QED) is 0.630. The molecule has 0 aromatic carbocycles. The zero-order chi connectivity index (χ0) is 8.81. The van der Waals surface area contributed by atoms with Crippen LogP contribution in [0.25, 0.3) is 0 Å². The summed E-state index contributed by atoms with van der Waals surface area (Å²) in [6, 6.07) is 2.78. The summed E-state index contributed by atoms with van der Waals surface area (Å²) >= 11 is 0. The van der Waals surface area contributed by atoms with E-state index in [1.54, 1.807) is 0 Å². The maximum absolute atomic E-state index is 8.58. The largest absolute Gasteiger partial charge is 0.330 e. The molecule has 12 heavy (non-hydrogen) atoms. The van der Waals surface area contributed by atoms with Crippen molar-refractivity contribution in [2.45, 2.75) is 31.7 Å². The summed E-state index contributed by atoms with van der Waals surface area (Å²) in [4.78, 5) is 2.26. The minimum atomic E-state index is 0.573. The highest BCUT2D eigenvalue weighted by Crippen LogP contribution is 2.18. The average molecular weight is 167 g/mol. The van der Waals surface area contributed by atoms with Crippen LogP contribution >= 0.6 is 0 Å². The second-order valence-electron chi connectivity index (χ2n) is 3.36. The Morgan fingerprint density at radius 1 is 1.50 bits per heavy atom. The monoisotopic (exact) mass is 167 g/mol. The minimum absolute atomic E-state index is 0.573. The molecule has 1 saturated heterocycles. The lowest BCUT2D eigenvalue weighted by molar-refractivity contribution is 0.160. The van der Waals surface area contributed by atoms with E-state index in [-0.39, 0.29) is 0 Å². The van der Waals surface area contributed by atoms with Crippen molar-refractivity contribution >= 4 is 0 Å². The number of piperidine rings is 1. The summed E-state index contributed by atoms with van der Waals surface area (Å²) in [5.41, 5.74) is 5.51. The van der Waals surface area contributed by atoms with Gasteiger partial charge in [0.2, 0.25) is 0 Å². The summed E-state index contributed by atoms with van der Waals surface area (Å²) in [5.74, 6) is 0. The molecule has 0 saturated carbocycles. The minimum Gasteiger partial charge on any atom is -0.330 e. The Morgan fingerprint density at radius 3 is 3.00 bits per heavy atom. The topological polar surface area (TPSA) is 53.0 Å². The molecule has 1 fully saturated rings. The molecular formula is C9H17N3. The molecule has 1 aliphatic rings. The van der Waals surface area contributed by atoms with Crippen LogP contribution in [0.2, 0.25) is 0 Å². The van der Waals surface area contributed by atoms with Gasteiger partial charge in [0.05, 0.1) is 12.6 Å². The summed E-state index contributed by atoms with van der Waals surface area (Å²) in [5, 5.41) is 8.58. The molecule has 0 radical (unpaired) electrons. The molecule has 0 aliphatic carbocycles. The SMILES string of the molecule is N#CCN1CCCCC1CCN. The predicted molar refractivity (Wildman–Crippen MR) is 48.5 cm³/mol. The highest BCUT2D eigenvalue weighted by atomic mass is 15.2. The molecule has 0 spiro atoms. The van der Waals surface area contributed by atoms with Gasteiger partial charge in [0.25, 0.3) is 0 Å². The molecular weight excluding hydrogens is 150 g/mol. The van der Waals surface area contributed by atoms with Gasteiger partial charge >= 0.3 is 0 Å². The van der Waals surface area contributed by atoms with Crippen molar-refractivity contribution in [3.63, 3.8) is 0 Å². The number of likely N-dealkylation sites (tertiary alicyclic amines) is 1. The summed E-state index contributed by atoms with van der Waals surface area (Å²) in [6.45, 7) is 2.40. The lowest BCUT2D eigenvalue weighted by atomic mass is 9.99. The fourth-order valence-corrected chi connectivity index (χ4v) is 1.88. The van der Waals surface area contributed by atoms with E-state index in [2.05, 4.69) is 11.0 Å². The average Bonchev–Trinajstić information content (AvgIpc) is 2.09. The van der Waals surface area contributed by atoms with Gasteiger partial charge in [0, 0.05) is 6.04 Å². The predicted octanol–water partition coefficient (Wildman–Crippen LogP) is 0.713.